The molecule has 1 fully saturated rings. The van der Waals surface area contributed by atoms with Crippen LogP contribution in [0.15, 0.2) is 18.2 Å². The van der Waals surface area contributed by atoms with E-state index in [1.54, 1.807) is 0 Å². The van der Waals surface area contributed by atoms with Crippen molar-refractivity contribution in [1.82, 2.24) is 5.32 Å². The number of rotatable bonds is 0. The first-order chi connectivity index (χ1) is 7.34. The number of hydrogen-bond acceptors (Lipinski definition) is 2. The summed E-state index contributed by atoms with van der Waals surface area (Å²) in [5.74, 6) is 1.42. The SMILES string of the molecule is Clc1ccc2c(c1)[C@H]1CNC[C@@H]1CCN2. The van der Waals surface area contributed by atoms with Gasteiger partial charge in [-0.3, -0.25) is 0 Å². The summed E-state index contributed by atoms with van der Waals surface area (Å²) in [6.07, 6.45) is 1.25. The zero-order chi connectivity index (χ0) is 10.3. The van der Waals surface area contributed by atoms with Crippen molar-refractivity contribution >= 4 is 17.3 Å². The summed E-state index contributed by atoms with van der Waals surface area (Å²) in [5, 5.41) is 7.83. The van der Waals surface area contributed by atoms with Crippen LogP contribution in [0.3, 0.4) is 0 Å². The van der Waals surface area contributed by atoms with Crippen LogP contribution in [-0.2, 0) is 0 Å². The molecule has 0 amide bonds. The third kappa shape index (κ3) is 1.62. The Balaban J connectivity index is 2.06. The Morgan fingerprint density at radius 1 is 1.27 bits per heavy atom. The predicted octanol–water partition coefficient (Wildman–Crippen LogP) is 2.46. The molecule has 2 atom stereocenters. The Morgan fingerprint density at radius 3 is 3.13 bits per heavy atom. The molecule has 80 valence electrons. The van der Waals surface area contributed by atoms with Gasteiger partial charge in [-0.1, -0.05) is 11.6 Å². The molecule has 3 rings (SSSR count). The monoisotopic (exact) mass is 222 g/mol. The first-order valence-corrected chi connectivity index (χ1v) is 5.96. The van der Waals surface area contributed by atoms with E-state index in [4.69, 9.17) is 11.6 Å². The topological polar surface area (TPSA) is 24.1 Å². The molecule has 2 aliphatic rings. The van der Waals surface area contributed by atoms with Crippen molar-refractivity contribution in [1.29, 1.82) is 0 Å². The van der Waals surface area contributed by atoms with Gasteiger partial charge in [0.2, 0.25) is 0 Å². The van der Waals surface area contributed by atoms with Gasteiger partial charge in [-0.25, -0.2) is 0 Å². The Kier molecular flexibility index (Phi) is 2.33. The van der Waals surface area contributed by atoms with Crippen molar-refractivity contribution in [2.45, 2.75) is 12.3 Å². The van der Waals surface area contributed by atoms with Crippen LogP contribution < -0.4 is 10.6 Å². The van der Waals surface area contributed by atoms with Crippen LogP contribution in [-0.4, -0.2) is 19.6 Å². The van der Waals surface area contributed by atoms with Crippen LogP contribution in [0.4, 0.5) is 5.69 Å². The molecule has 2 N–H and O–H groups in total. The van der Waals surface area contributed by atoms with Gasteiger partial charge in [0.15, 0.2) is 0 Å². The van der Waals surface area contributed by atoms with Crippen LogP contribution in [0.5, 0.6) is 0 Å². The molecule has 0 spiro atoms. The zero-order valence-corrected chi connectivity index (χ0v) is 9.35. The van der Waals surface area contributed by atoms with E-state index in [2.05, 4.69) is 22.8 Å². The van der Waals surface area contributed by atoms with Crippen molar-refractivity contribution in [3.05, 3.63) is 28.8 Å². The highest BCUT2D eigenvalue weighted by Crippen LogP contribution is 2.38. The molecule has 15 heavy (non-hydrogen) atoms. The largest absolute Gasteiger partial charge is 0.385 e. The smallest absolute Gasteiger partial charge is 0.0410 e. The van der Waals surface area contributed by atoms with Crippen molar-refractivity contribution in [2.75, 3.05) is 25.0 Å². The molecule has 0 unspecified atom stereocenters. The fourth-order valence-corrected chi connectivity index (χ4v) is 2.97. The molecule has 0 saturated carbocycles. The molecular formula is C12H15ClN2. The molecule has 0 aliphatic carbocycles. The molecule has 2 heterocycles. The van der Waals surface area contributed by atoms with Crippen LogP contribution in [0.2, 0.25) is 5.02 Å². The zero-order valence-electron chi connectivity index (χ0n) is 8.59. The molecule has 0 radical (unpaired) electrons. The van der Waals surface area contributed by atoms with Crippen LogP contribution in [0.25, 0.3) is 0 Å². The van der Waals surface area contributed by atoms with Crippen molar-refractivity contribution in [3.63, 3.8) is 0 Å². The highest BCUT2D eigenvalue weighted by molar-refractivity contribution is 6.30. The standard InChI is InChI=1S/C12H15ClN2/c13-9-1-2-12-10(5-9)11-7-14-6-8(11)3-4-15-12/h1-2,5,8,11,14-15H,3-4,6-7H2/t8-,11-/m0/s1. The maximum Gasteiger partial charge on any atom is 0.0410 e. The van der Waals surface area contributed by atoms with E-state index in [0.717, 1.165) is 30.6 Å². The number of nitrogens with one attached hydrogen (secondary N) is 2. The van der Waals surface area contributed by atoms with Crippen molar-refractivity contribution in [2.24, 2.45) is 5.92 Å². The fraction of sp³-hybridized carbons (Fsp3) is 0.500. The molecule has 1 aromatic rings. The van der Waals surface area contributed by atoms with E-state index in [9.17, 15) is 0 Å². The van der Waals surface area contributed by atoms with E-state index in [-0.39, 0.29) is 0 Å². The maximum absolute atomic E-state index is 6.07. The molecule has 2 aliphatic heterocycles. The summed E-state index contributed by atoms with van der Waals surface area (Å²) in [5.41, 5.74) is 2.67. The second kappa shape index (κ2) is 3.69. The van der Waals surface area contributed by atoms with E-state index in [1.165, 1.54) is 17.7 Å². The summed E-state index contributed by atoms with van der Waals surface area (Å²) >= 11 is 6.07. The van der Waals surface area contributed by atoms with Gasteiger partial charge in [0.25, 0.3) is 0 Å². The second-order valence-corrected chi connectivity index (χ2v) is 4.91. The molecular weight excluding hydrogens is 208 g/mol. The van der Waals surface area contributed by atoms with Gasteiger partial charge >= 0.3 is 0 Å². The lowest BCUT2D eigenvalue weighted by atomic mass is 9.87. The van der Waals surface area contributed by atoms with Crippen LogP contribution in [0, 0.1) is 5.92 Å². The quantitative estimate of drug-likeness (QED) is 0.705. The van der Waals surface area contributed by atoms with Crippen molar-refractivity contribution in [3.8, 4) is 0 Å². The molecule has 0 aromatic heterocycles. The summed E-state index contributed by atoms with van der Waals surface area (Å²) in [6.45, 7) is 3.33. The normalized spacial score (nSPS) is 28.9. The Morgan fingerprint density at radius 2 is 2.20 bits per heavy atom. The number of hydrogen-bond donors (Lipinski definition) is 2. The molecule has 3 heteroatoms. The van der Waals surface area contributed by atoms with Gasteiger partial charge in [-0.05, 0) is 42.6 Å². The summed E-state index contributed by atoms with van der Waals surface area (Å²) in [7, 11) is 0. The lowest BCUT2D eigenvalue weighted by Gasteiger charge is -2.16. The minimum Gasteiger partial charge on any atom is -0.385 e. The van der Waals surface area contributed by atoms with Gasteiger partial charge in [0.1, 0.15) is 0 Å². The van der Waals surface area contributed by atoms with Crippen molar-refractivity contribution < 1.29 is 0 Å². The van der Waals surface area contributed by atoms with Crippen LogP contribution in [0.1, 0.15) is 17.9 Å². The molecule has 1 aromatic carbocycles. The number of fused-ring (bicyclic) bond motifs is 3. The fourth-order valence-electron chi connectivity index (χ4n) is 2.79. The van der Waals surface area contributed by atoms with Gasteiger partial charge in [0, 0.05) is 29.7 Å². The minimum atomic E-state index is 0.647. The average Bonchev–Trinajstić information content (AvgIpc) is 2.62. The first kappa shape index (κ1) is 9.49. The third-order valence-electron chi connectivity index (χ3n) is 3.58. The minimum absolute atomic E-state index is 0.647. The second-order valence-electron chi connectivity index (χ2n) is 4.47. The molecule has 0 bridgehead atoms. The molecule has 2 nitrogen and oxygen atoms in total. The van der Waals surface area contributed by atoms with E-state index in [1.807, 2.05) is 6.07 Å². The third-order valence-corrected chi connectivity index (χ3v) is 3.82. The predicted molar refractivity (Wildman–Crippen MR) is 63.7 cm³/mol. The lowest BCUT2D eigenvalue weighted by molar-refractivity contribution is 0.503. The van der Waals surface area contributed by atoms with E-state index < -0.39 is 0 Å². The maximum atomic E-state index is 6.07. The highest BCUT2D eigenvalue weighted by atomic mass is 35.5. The molecule has 1 saturated heterocycles. The number of halogens is 1. The van der Waals surface area contributed by atoms with Gasteiger partial charge in [-0.2, -0.15) is 0 Å². The van der Waals surface area contributed by atoms with E-state index >= 15 is 0 Å². The summed E-state index contributed by atoms with van der Waals surface area (Å²) < 4.78 is 0. The van der Waals surface area contributed by atoms with Gasteiger partial charge in [0.05, 0.1) is 0 Å². The van der Waals surface area contributed by atoms with Gasteiger partial charge < -0.3 is 10.6 Å². The Labute approximate surface area is 95.0 Å². The van der Waals surface area contributed by atoms with E-state index in [0.29, 0.717) is 5.92 Å². The summed E-state index contributed by atoms with van der Waals surface area (Å²) in [4.78, 5) is 0. The first-order valence-electron chi connectivity index (χ1n) is 5.58. The highest BCUT2D eigenvalue weighted by Gasteiger charge is 2.31. The summed E-state index contributed by atoms with van der Waals surface area (Å²) in [6, 6.07) is 6.20. The average molecular weight is 223 g/mol. The Hall–Kier alpha value is -0.730. The lowest BCUT2D eigenvalue weighted by Crippen LogP contribution is -2.11. The number of anilines is 1. The number of benzene rings is 1. The van der Waals surface area contributed by atoms with Gasteiger partial charge in [-0.15, -0.1) is 0 Å². The van der Waals surface area contributed by atoms with Crippen LogP contribution >= 0.6 is 11.6 Å². The Bertz CT molecular complexity index is 378.